The average Bonchev–Trinajstić information content (AvgIpc) is 2.79. The lowest BCUT2D eigenvalue weighted by Crippen LogP contribution is -2.32. The van der Waals surface area contributed by atoms with Gasteiger partial charge in [-0.2, -0.15) is 8.42 Å². The molecule has 0 aliphatic carbocycles. The summed E-state index contributed by atoms with van der Waals surface area (Å²) in [6.07, 6.45) is -1.01. The van der Waals surface area contributed by atoms with E-state index in [0.29, 0.717) is 6.54 Å². The summed E-state index contributed by atoms with van der Waals surface area (Å²) < 4.78 is 34.1. The molecular formula is C14H19NO5S. The second-order valence-electron chi connectivity index (χ2n) is 5.30. The molecule has 0 aromatic heterocycles. The number of amides is 1. The van der Waals surface area contributed by atoms with Crippen molar-refractivity contribution in [3.63, 3.8) is 0 Å². The van der Waals surface area contributed by atoms with Gasteiger partial charge in [-0.1, -0.05) is 17.7 Å². The zero-order chi connectivity index (χ0) is 15.6. The number of hydrogen-bond donors (Lipinski definition) is 0. The molecule has 1 amide bonds. The summed E-state index contributed by atoms with van der Waals surface area (Å²) in [6.45, 7) is 5.77. The van der Waals surface area contributed by atoms with Crippen LogP contribution in [0.3, 0.4) is 0 Å². The van der Waals surface area contributed by atoms with Gasteiger partial charge in [-0.3, -0.25) is 4.18 Å². The molecule has 7 heteroatoms. The minimum absolute atomic E-state index is 0.0104. The Morgan fingerprint density at radius 1 is 1.33 bits per heavy atom. The standard InChI is InChI=1S/C14H19NO5S/c1-10(2)15-8-12(20-14(15)16)9-19-21(17,18)13-6-4-11(3)5-7-13/h4-7,10,12H,8-9H2,1-3H3. The van der Waals surface area contributed by atoms with Crippen molar-refractivity contribution in [2.24, 2.45) is 0 Å². The Balaban J connectivity index is 1.97. The molecule has 0 spiro atoms. The molecule has 0 radical (unpaired) electrons. The van der Waals surface area contributed by atoms with Gasteiger partial charge in [0.15, 0.2) is 0 Å². The van der Waals surface area contributed by atoms with Crippen molar-refractivity contribution >= 4 is 16.2 Å². The van der Waals surface area contributed by atoms with Gasteiger partial charge in [0.25, 0.3) is 10.1 Å². The molecule has 1 heterocycles. The van der Waals surface area contributed by atoms with E-state index in [4.69, 9.17) is 8.92 Å². The van der Waals surface area contributed by atoms with Crippen molar-refractivity contribution in [1.29, 1.82) is 0 Å². The molecule has 21 heavy (non-hydrogen) atoms. The van der Waals surface area contributed by atoms with Crippen LogP contribution in [0.1, 0.15) is 19.4 Å². The Hall–Kier alpha value is -1.60. The smallest absolute Gasteiger partial charge is 0.410 e. The van der Waals surface area contributed by atoms with Crippen LogP contribution in [0.5, 0.6) is 0 Å². The lowest BCUT2D eigenvalue weighted by Gasteiger charge is -2.16. The Morgan fingerprint density at radius 3 is 2.48 bits per heavy atom. The highest BCUT2D eigenvalue weighted by atomic mass is 32.2. The highest BCUT2D eigenvalue weighted by molar-refractivity contribution is 7.86. The molecule has 1 aliphatic rings. The zero-order valence-electron chi connectivity index (χ0n) is 12.3. The summed E-state index contributed by atoms with van der Waals surface area (Å²) in [5.74, 6) is 0. The third kappa shape index (κ3) is 3.74. The second-order valence-corrected chi connectivity index (χ2v) is 6.92. The Kier molecular flexibility index (Phi) is 4.53. The van der Waals surface area contributed by atoms with Gasteiger partial charge in [-0.05, 0) is 32.9 Å². The minimum Gasteiger partial charge on any atom is -0.442 e. The van der Waals surface area contributed by atoms with Crippen LogP contribution in [0, 0.1) is 6.92 Å². The van der Waals surface area contributed by atoms with Crippen LogP contribution in [0.25, 0.3) is 0 Å². The number of ether oxygens (including phenoxy) is 1. The van der Waals surface area contributed by atoms with Crippen LogP contribution >= 0.6 is 0 Å². The van der Waals surface area contributed by atoms with Gasteiger partial charge in [0.2, 0.25) is 0 Å². The van der Waals surface area contributed by atoms with E-state index in [-0.39, 0.29) is 17.5 Å². The van der Waals surface area contributed by atoms with E-state index in [9.17, 15) is 13.2 Å². The van der Waals surface area contributed by atoms with E-state index in [1.165, 1.54) is 17.0 Å². The molecule has 1 aliphatic heterocycles. The summed E-state index contributed by atoms with van der Waals surface area (Å²) in [4.78, 5) is 13.2. The lowest BCUT2D eigenvalue weighted by molar-refractivity contribution is 0.104. The SMILES string of the molecule is Cc1ccc(S(=O)(=O)OCC2CN(C(C)C)C(=O)O2)cc1. The minimum atomic E-state index is -3.83. The fourth-order valence-corrected chi connectivity index (χ4v) is 2.92. The zero-order valence-corrected chi connectivity index (χ0v) is 13.1. The van der Waals surface area contributed by atoms with Crippen LogP contribution < -0.4 is 0 Å². The third-order valence-corrected chi connectivity index (χ3v) is 4.54. The molecule has 2 rings (SSSR count). The second kappa shape index (κ2) is 6.03. The van der Waals surface area contributed by atoms with E-state index in [1.54, 1.807) is 12.1 Å². The first kappa shape index (κ1) is 15.8. The number of aryl methyl sites for hydroxylation is 1. The molecule has 0 N–H and O–H groups in total. The maximum atomic E-state index is 12.0. The third-order valence-electron chi connectivity index (χ3n) is 3.24. The van der Waals surface area contributed by atoms with E-state index in [0.717, 1.165) is 5.56 Å². The average molecular weight is 313 g/mol. The van der Waals surface area contributed by atoms with Crippen molar-refractivity contribution in [2.75, 3.05) is 13.2 Å². The van der Waals surface area contributed by atoms with Gasteiger partial charge in [0.1, 0.15) is 12.7 Å². The molecule has 1 saturated heterocycles. The molecule has 1 aromatic carbocycles. The maximum Gasteiger partial charge on any atom is 0.410 e. The summed E-state index contributed by atoms with van der Waals surface area (Å²) in [7, 11) is -3.83. The van der Waals surface area contributed by atoms with Gasteiger partial charge in [0, 0.05) is 6.04 Å². The predicted molar refractivity (Wildman–Crippen MR) is 76.4 cm³/mol. The predicted octanol–water partition coefficient (Wildman–Crippen LogP) is 1.93. The first-order chi connectivity index (χ1) is 9.79. The number of rotatable bonds is 5. The molecule has 1 atom stereocenters. The van der Waals surface area contributed by atoms with Crippen LogP contribution in [-0.4, -0.2) is 44.7 Å². The summed E-state index contributed by atoms with van der Waals surface area (Å²) >= 11 is 0. The first-order valence-corrected chi connectivity index (χ1v) is 8.14. The molecule has 6 nitrogen and oxygen atoms in total. The number of hydrogen-bond acceptors (Lipinski definition) is 5. The maximum absolute atomic E-state index is 12.0. The van der Waals surface area contributed by atoms with Crippen molar-refractivity contribution in [2.45, 2.75) is 37.8 Å². The van der Waals surface area contributed by atoms with E-state index >= 15 is 0 Å². The topological polar surface area (TPSA) is 72.9 Å². The number of cyclic esters (lactones) is 1. The van der Waals surface area contributed by atoms with Crippen LogP contribution in [0.15, 0.2) is 29.2 Å². The van der Waals surface area contributed by atoms with E-state index in [1.807, 2.05) is 20.8 Å². The van der Waals surface area contributed by atoms with Crippen LogP contribution in [0.4, 0.5) is 4.79 Å². The highest BCUT2D eigenvalue weighted by Crippen LogP contribution is 2.18. The normalized spacial score (nSPS) is 19.1. The van der Waals surface area contributed by atoms with Gasteiger partial charge < -0.3 is 9.64 Å². The van der Waals surface area contributed by atoms with Gasteiger partial charge in [-0.25, -0.2) is 4.79 Å². The van der Waals surface area contributed by atoms with Crippen LogP contribution in [-0.2, 0) is 19.0 Å². The molecule has 0 bridgehead atoms. The molecule has 0 saturated carbocycles. The fourth-order valence-electron chi connectivity index (χ4n) is 1.99. The van der Waals surface area contributed by atoms with Crippen molar-refractivity contribution < 1.29 is 22.1 Å². The molecule has 116 valence electrons. The number of carbonyl (C=O) groups is 1. The Bertz CT molecular complexity index is 609. The quantitative estimate of drug-likeness (QED) is 0.777. The van der Waals surface area contributed by atoms with Gasteiger partial charge in [-0.15, -0.1) is 0 Å². The molecule has 1 unspecified atom stereocenters. The first-order valence-electron chi connectivity index (χ1n) is 6.73. The van der Waals surface area contributed by atoms with Crippen LogP contribution in [0.2, 0.25) is 0 Å². The van der Waals surface area contributed by atoms with E-state index < -0.39 is 22.3 Å². The lowest BCUT2D eigenvalue weighted by atomic mass is 10.2. The van der Waals surface area contributed by atoms with Gasteiger partial charge in [0.05, 0.1) is 11.4 Å². The van der Waals surface area contributed by atoms with Crippen molar-refractivity contribution in [3.8, 4) is 0 Å². The van der Waals surface area contributed by atoms with Crippen molar-refractivity contribution in [3.05, 3.63) is 29.8 Å². The van der Waals surface area contributed by atoms with Gasteiger partial charge >= 0.3 is 6.09 Å². The molecule has 1 fully saturated rings. The Morgan fingerprint density at radius 2 is 1.95 bits per heavy atom. The van der Waals surface area contributed by atoms with Crippen molar-refractivity contribution in [1.82, 2.24) is 4.90 Å². The number of carbonyl (C=O) groups excluding carboxylic acids is 1. The summed E-state index contributed by atoms with van der Waals surface area (Å²) in [5.41, 5.74) is 0.964. The Labute approximate surface area is 124 Å². The summed E-state index contributed by atoms with van der Waals surface area (Å²) in [6, 6.07) is 6.40. The monoisotopic (exact) mass is 313 g/mol. The number of nitrogens with zero attached hydrogens (tertiary/aromatic N) is 1. The highest BCUT2D eigenvalue weighted by Gasteiger charge is 2.34. The largest absolute Gasteiger partial charge is 0.442 e. The van der Waals surface area contributed by atoms with E-state index in [2.05, 4.69) is 0 Å². The molecule has 1 aromatic rings. The number of benzene rings is 1. The summed E-state index contributed by atoms with van der Waals surface area (Å²) in [5, 5.41) is 0. The fraction of sp³-hybridized carbons (Fsp3) is 0.500. The molecular weight excluding hydrogens is 294 g/mol.